The van der Waals surface area contributed by atoms with E-state index in [9.17, 15) is 9.90 Å². The fraction of sp³-hybridized carbons (Fsp3) is 0.688. The van der Waals surface area contributed by atoms with E-state index in [1.54, 1.807) is 0 Å². The van der Waals surface area contributed by atoms with Crippen LogP contribution in [-0.2, 0) is 11.2 Å². The number of nitrogens with zero attached hydrogens (tertiary/aromatic N) is 4. The van der Waals surface area contributed by atoms with Gasteiger partial charge in [-0.05, 0) is 6.42 Å². The predicted molar refractivity (Wildman–Crippen MR) is 92.8 cm³/mol. The van der Waals surface area contributed by atoms with Gasteiger partial charge in [0.15, 0.2) is 6.23 Å². The minimum Gasteiger partial charge on any atom is -0.382 e. The molecule has 0 aromatic carbocycles. The molecule has 1 saturated heterocycles. The molecule has 1 aromatic heterocycles. The Morgan fingerprint density at radius 3 is 2.83 bits per heavy atom. The van der Waals surface area contributed by atoms with Crippen molar-refractivity contribution >= 4 is 22.5 Å². The molecule has 0 saturated carbocycles. The molecule has 7 nitrogen and oxygen atoms in total. The third-order valence-electron chi connectivity index (χ3n) is 3.97. The van der Waals surface area contributed by atoms with Gasteiger partial charge in [0, 0.05) is 13.5 Å². The number of terminal acetylenes is 1. The van der Waals surface area contributed by atoms with Gasteiger partial charge in [-0.1, -0.05) is 43.4 Å². The molecule has 0 spiro atoms. The summed E-state index contributed by atoms with van der Waals surface area (Å²) in [4.78, 5) is 15.3. The number of amides is 2. The summed E-state index contributed by atoms with van der Waals surface area (Å²) < 4.78 is 5.10. The highest BCUT2D eigenvalue weighted by Gasteiger charge is 2.46. The van der Waals surface area contributed by atoms with Crippen molar-refractivity contribution in [3.8, 4) is 12.3 Å². The quantitative estimate of drug-likeness (QED) is 0.542. The number of carbonyl (C=O) groups is 1. The van der Waals surface area contributed by atoms with Crippen molar-refractivity contribution < 1.29 is 14.6 Å². The standard InChI is InChI=1S/C16H24N4O3S/c1-4-6-7-8-9-13-17-18-15(24-13)20-14(21)12(11-23-3)19(10-5-2)16(20)22/h2,12,14,21H,4,6-11H2,1,3H3. The zero-order valence-electron chi connectivity index (χ0n) is 14.1. The zero-order valence-corrected chi connectivity index (χ0v) is 15.0. The van der Waals surface area contributed by atoms with E-state index >= 15 is 0 Å². The lowest BCUT2D eigenvalue weighted by molar-refractivity contribution is 0.0596. The normalized spacial score (nSPS) is 20.7. The number of aliphatic hydroxyl groups excluding tert-OH is 1. The van der Waals surface area contributed by atoms with Gasteiger partial charge in [-0.15, -0.1) is 16.6 Å². The molecule has 0 radical (unpaired) electrons. The molecule has 1 N–H and O–H groups in total. The lowest BCUT2D eigenvalue weighted by Crippen LogP contribution is -2.40. The van der Waals surface area contributed by atoms with Gasteiger partial charge in [0.05, 0.1) is 13.2 Å². The SMILES string of the molecule is C#CCN1C(=O)N(c2nnc(CCCCCC)s2)C(O)C1COC. The lowest BCUT2D eigenvalue weighted by atomic mass is 10.2. The number of hydrogen-bond acceptors (Lipinski definition) is 6. The largest absolute Gasteiger partial charge is 0.382 e. The zero-order chi connectivity index (χ0) is 17.5. The first-order valence-electron chi connectivity index (χ1n) is 8.16. The van der Waals surface area contributed by atoms with E-state index in [0.29, 0.717) is 5.13 Å². The van der Waals surface area contributed by atoms with Crippen LogP contribution < -0.4 is 4.90 Å². The van der Waals surface area contributed by atoms with Crippen LogP contribution in [-0.4, -0.2) is 58.8 Å². The van der Waals surface area contributed by atoms with E-state index in [1.807, 2.05) is 0 Å². The first-order valence-corrected chi connectivity index (χ1v) is 8.98. The van der Waals surface area contributed by atoms with Crippen LogP contribution in [0.4, 0.5) is 9.93 Å². The second-order valence-corrected chi connectivity index (χ2v) is 6.75. The summed E-state index contributed by atoms with van der Waals surface area (Å²) in [5, 5.41) is 20.0. The number of anilines is 1. The van der Waals surface area contributed by atoms with E-state index in [1.165, 1.54) is 41.1 Å². The van der Waals surface area contributed by atoms with E-state index in [-0.39, 0.29) is 19.2 Å². The van der Waals surface area contributed by atoms with E-state index in [2.05, 4.69) is 23.0 Å². The summed E-state index contributed by atoms with van der Waals surface area (Å²) in [6, 6.07) is -0.883. The Kier molecular flexibility index (Phi) is 6.97. The highest BCUT2D eigenvalue weighted by Crippen LogP contribution is 2.31. The van der Waals surface area contributed by atoms with Gasteiger partial charge in [-0.3, -0.25) is 0 Å². The minimum atomic E-state index is -1.05. The number of carbonyl (C=O) groups excluding carboxylic acids is 1. The third kappa shape index (κ3) is 4.04. The van der Waals surface area contributed by atoms with Crippen molar-refractivity contribution in [2.45, 2.75) is 51.3 Å². The van der Waals surface area contributed by atoms with Gasteiger partial charge in [-0.2, -0.15) is 0 Å². The van der Waals surface area contributed by atoms with Crippen LogP contribution in [0.5, 0.6) is 0 Å². The first kappa shape index (κ1) is 18.6. The molecule has 0 bridgehead atoms. The number of unbranched alkanes of at least 4 members (excludes halogenated alkanes) is 3. The Balaban J connectivity index is 2.09. The molecule has 0 aliphatic carbocycles. The molecule has 1 aliphatic rings. The maximum Gasteiger partial charge on any atom is 0.329 e. The maximum absolute atomic E-state index is 12.6. The number of aryl methyl sites for hydroxylation is 1. The fourth-order valence-corrected chi connectivity index (χ4v) is 3.60. The lowest BCUT2D eigenvalue weighted by Gasteiger charge is -2.21. The molecule has 132 valence electrons. The van der Waals surface area contributed by atoms with Gasteiger partial charge in [0.2, 0.25) is 5.13 Å². The molecule has 2 rings (SSSR count). The number of urea groups is 1. The number of hydrogen-bond donors (Lipinski definition) is 1. The summed E-state index contributed by atoms with van der Waals surface area (Å²) in [5.74, 6) is 2.45. The predicted octanol–water partition coefficient (Wildman–Crippen LogP) is 1.87. The molecule has 2 heterocycles. The molecule has 24 heavy (non-hydrogen) atoms. The molecule has 8 heteroatoms. The third-order valence-corrected chi connectivity index (χ3v) is 4.95. The van der Waals surface area contributed by atoms with Gasteiger partial charge in [0.1, 0.15) is 11.0 Å². The highest BCUT2D eigenvalue weighted by atomic mass is 32.1. The minimum absolute atomic E-state index is 0.114. The Morgan fingerprint density at radius 1 is 1.38 bits per heavy atom. The topological polar surface area (TPSA) is 78.8 Å². The average Bonchev–Trinajstić information content (AvgIpc) is 3.11. The maximum atomic E-state index is 12.6. The second-order valence-electron chi connectivity index (χ2n) is 5.71. The van der Waals surface area contributed by atoms with E-state index < -0.39 is 12.3 Å². The van der Waals surface area contributed by atoms with Crippen LogP contribution in [0, 0.1) is 12.3 Å². The second kappa shape index (κ2) is 8.97. The van der Waals surface area contributed by atoms with Gasteiger partial charge < -0.3 is 14.7 Å². The van der Waals surface area contributed by atoms with Crippen molar-refractivity contribution in [2.75, 3.05) is 25.2 Å². The van der Waals surface area contributed by atoms with Crippen LogP contribution in [0.15, 0.2) is 0 Å². The molecule has 1 aromatic rings. The number of methoxy groups -OCH3 is 1. The highest BCUT2D eigenvalue weighted by molar-refractivity contribution is 7.15. The number of ether oxygens (including phenoxy) is 1. The number of rotatable bonds is 9. The molecule has 2 unspecified atom stereocenters. The van der Waals surface area contributed by atoms with Crippen LogP contribution >= 0.6 is 11.3 Å². The molecular weight excluding hydrogens is 328 g/mol. The van der Waals surface area contributed by atoms with Crippen molar-refractivity contribution in [3.05, 3.63) is 5.01 Å². The average molecular weight is 352 g/mol. The van der Waals surface area contributed by atoms with Gasteiger partial charge in [-0.25, -0.2) is 9.69 Å². The molecular formula is C16H24N4O3S. The smallest absolute Gasteiger partial charge is 0.329 e. The summed E-state index contributed by atoms with van der Waals surface area (Å²) >= 11 is 1.34. The Bertz CT molecular complexity index is 586. The van der Waals surface area contributed by atoms with E-state index in [4.69, 9.17) is 11.2 Å². The summed E-state index contributed by atoms with van der Waals surface area (Å²) in [5.41, 5.74) is 0. The molecule has 2 atom stereocenters. The van der Waals surface area contributed by atoms with Crippen LogP contribution in [0.2, 0.25) is 0 Å². The van der Waals surface area contributed by atoms with E-state index in [0.717, 1.165) is 24.3 Å². The monoisotopic (exact) mass is 352 g/mol. The fourth-order valence-electron chi connectivity index (χ4n) is 2.70. The first-order chi connectivity index (χ1) is 11.6. The Hall–Kier alpha value is -1.69. The molecule has 2 amide bonds. The Morgan fingerprint density at radius 2 is 2.17 bits per heavy atom. The van der Waals surface area contributed by atoms with Crippen molar-refractivity contribution in [1.29, 1.82) is 0 Å². The summed E-state index contributed by atoms with van der Waals surface area (Å²) in [7, 11) is 1.52. The van der Waals surface area contributed by atoms with Crippen molar-refractivity contribution in [1.82, 2.24) is 15.1 Å². The van der Waals surface area contributed by atoms with Crippen LogP contribution in [0.1, 0.15) is 37.6 Å². The van der Waals surface area contributed by atoms with Gasteiger partial charge in [0.25, 0.3) is 0 Å². The van der Waals surface area contributed by atoms with Gasteiger partial charge >= 0.3 is 6.03 Å². The van der Waals surface area contributed by atoms with Crippen LogP contribution in [0.3, 0.4) is 0 Å². The number of aliphatic hydroxyl groups is 1. The molecule has 1 aliphatic heterocycles. The summed E-state index contributed by atoms with van der Waals surface area (Å²) in [6.45, 7) is 2.48. The Labute approximate surface area is 146 Å². The van der Waals surface area contributed by atoms with Crippen molar-refractivity contribution in [2.24, 2.45) is 0 Å². The molecule has 1 fully saturated rings. The number of aromatic nitrogens is 2. The van der Waals surface area contributed by atoms with Crippen molar-refractivity contribution in [3.63, 3.8) is 0 Å². The van der Waals surface area contributed by atoms with Crippen LogP contribution in [0.25, 0.3) is 0 Å². The summed E-state index contributed by atoms with van der Waals surface area (Å²) in [6.07, 6.45) is 9.71.